The van der Waals surface area contributed by atoms with Gasteiger partial charge in [0, 0.05) is 8.64 Å². The molecule has 0 bridgehead atoms. The van der Waals surface area contributed by atoms with Crippen molar-refractivity contribution in [2.45, 2.75) is 91.1 Å². The van der Waals surface area contributed by atoms with Crippen LogP contribution in [0.15, 0.2) is 0 Å². The largest absolute Gasteiger partial charge is 0.390 e. The summed E-state index contributed by atoms with van der Waals surface area (Å²) in [6.07, 6.45) is 7.93. The quantitative estimate of drug-likeness (QED) is 0.734. The average Bonchev–Trinajstić information content (AvgIpc) is 2.81. The number of fused-ring (bicyclic) bond motifs is 5. The molecule has 0 spiro atoms. The van der Waals surface area contributed by atoms with E-state index in [0.29, 0.717) is 30.6 Å². The molecular weight excluding hydrogens is 296 g/mol. The summed E-state index contributed by atoms with van der Waals surface area (Å²) in [5.74, 6) is 0.123. The van der Waals surface area contributed by atoms with Gasteiger partial charge >= 0.3 is 0 Å². The van der Waals surface area contributed by atoms with Crippen LogP contribution in [0.2, 0.25) is 0 Å². The zero-order valence-corrected chi connectivity index (χ0v) is 16.0. The van der Waals surface area contributed by atoms with Crippen molar-refractivity contribution in [3.05, 3.63) is 0 Å². The van der Waals surface area contributed by atoms with Gasteiger partial charge in [0.25, 0.3) is 0 Å². The smallest absolute Gasteiger partial charge is 0.133 e. The Morgan fingerprint density at radius 2 is 1.67 bits per heavy atom. The minimum Gasteiger partial charge on any atom is -0.390 e. The molecule has 0 heterocycles. The van der Waals surface area contributed by atoms with Gasteiger partial charge in [-0.25, -0.2) is 0 Å². The van der Waals surface area contributed by atoms with Gasteiger partial charge < -0.3 is 5.11 Å². The molecule has 2 nitrogen and oxygen atoms in total. The monoisotopic (exact) mass is 334 g/mol. The van der Waals surface area contributed by atoms with Crippen LogP contribution in [0.1, 0.15) is 88.2 Å². The van der Waals surface area contributed by atoms with Crippen molar-refractivity contribution in [1.29, 1.82) is 0 Å². The Hall–Kier alpha value is -0.370. The number of hydrogen-bond acceptors (Lipinski definition) is 2. The summed E-state index contributed by atoms with van der Waals surface area (Å²) < 4.78 is 18.2. The van der Waals surface area contributed by atoms with Crippen molar-refractivity contribution in [1.82, 2.24) is 0 Å². The highest BCUT2D eigenvalue weighted by atomic mass is 16.3. The number of rotatable bonds is 1. The van der Waals surface area contributed by atoms with Crippen molar-refractivity contribution in [2.24, 2.45) is 40.4 Å². The highest BCUT2D eigenvalue weighted by molar-refractivity contribution is 5.79. The second kappa shape index (κ2) is 5.32. The predicted molar refractivity (Wildman–Crippen MR) is 96.5 cm³/mol. The first-order chi connectivity index (χ1) is 11.9. The number of ketones is 1. The molecule has 0 saturated heterocycles. The van der Waals surface area contributed by atoms with Crippen LogP contribution in [-0.2, 0) is 4.79 Å². The van der Waals surface area contributed by atoms with Gasteiger partial charge in [0.15, 0.2) is 0 Å². The fourth-order valence-corrected chi connectivity index (χ4v) is 7.49. The van der Waals surface area contributed by atoms with Crippen LogP contribution in [0.3, 0.4) is 0 Å². The van der Waals surface area contributed by atoms with E-state index in [2.05, 4.69) is 13.8 Å². The molecule has 2 heteroatoms. The van der Waals surface area contributed by atoms with Gasteiger partial charge in [-0.3, -0.25) is 4.79 Å². The van der Waals surface area contributed by atoms with Crippen molar-refractivity contribution in [3.63, 3.8) is 0 Å². The lowest BCUT2D eigenvalue weighted by Crippen LogP contribution is -2.55. The number of carbonyl (C=O) groups excluding carboxylic acids is 1. The lowest BCUT2D eigenvalue weighted by atomic mass is 9.44. The number of aliphatic hydroxyl groups is 1. The molecule has 4 aliphatic carbocycles. The van der Waals surface area contributed by atoms with Gasteiger partial charge in [-0.15, -0.1) is 0 Å². The van der Waals surface area contributed by atoms with Crippen LogP contribution in [-0.4, -0.2) is 16.5 Å². The van der Waals surface area contributed by atoms with E-state index < -0.39 is 17.4 Å². The number of Topliss-reactive ketones (excluding diaryl/α,β-unsaturated/α-hetero) is 1. The molecule has 24 heavy (non-hydrogen) atoms. The number of carbonyl (C=O) groups is 1. The van der Waals surface area contributed by atoms with Crippen molar-refractivity contribution in [2.75, 3.05) is 0 Å². The Bertz CT molecular complexity index is 634. The maximum absolute atomic E-state index is 12.4. The summed E-state index contributed by atoms with van der Waals surface area (Å²) >= 11 is 0. The van der Waals surface area contributed by atoms with Gasteiger partial charge in [0.1, 0.15) is 5.78 Å². The van der Waals surface area contributed by atoms with Crippen molar-refractivity contribution < 1.29 is 12.6 Å². The number of hydrogen-bond donors (Lipinski definition) is 1. The van der Waals surface area contributed by atoms with Crippen LogP contribution in [0.5, 0.6) is 0 Å². The van der Waals surface area contributed by atoms with Gasteiger partial charge in [-0.2, -0.15) is 0 Å². The van der Waals surface area contributed by atoms with Crippen LogP contribution < -0.4 is 0 Å². The van der Waals surface area contributed by atoms with E-state index in [1.807, 2.05) is 6.92 Å². The first kappa shape index (κ1) is 14.8. The summed E-state index contributed by atoms with van der Waals surface area (Å²) in [6.45, 7) is 8.06. The maximum Gasteiger partial charge on any atom is 0.133 e. The summed E-state index contributed by atoms with van der Waals surface area (Å²) in [4.78, 5) is 12.4. The predicted octanol–water partition coefficient (Wildman–Crippen LogP) is 4.99. The van der Waals surface area contributed by atoms with Crippen molar-refractivity contribution >= 4 is 5.78 Å². The normalized spacial score (nSPS) is 64.3. The topological polar surface area (TPSA) is 37.3 Å². The third kappa shape index (κ3) is 2.27. The first-order valence-electron chi connectivity index (χ1n) is 11.1. The zero-order chi connectivity index (χ0) is 19.2. The lowest BCUT2D eigenvalue weighted by molar-refractivity contribution is -0.150. The van der Waals surface area contributed by atoms with Gasteiger partial charge in [-0.05, 0) is 106 Å². The van der Waals surface area contributed by atoms with Crippen LogP contribution in [0, 0.1) is 40.4 Å². The first-order valence-corrected chi connectivity index (χ1v) is 10.1. The minimum atomic E-state index is -0.907. The third-order valence-electron chi connectivity index (χ3n) is 8.83. The molecule has 4 fully saturated rings. The Kier molecular flexibility index (Phi) is 3.27. The Balaban J connectivity index is 1.68. The minimum absolute atomic E-state index is 0.0387. The molecule has 4 rings (SSSR count). The van der Waals surface area contributed by atoms with Gasteiger partial charge in [0.2, 0.25) is 0 Å². The maximum atomic E-state index is 12.4. The molecule has 0 aromatic rings. The molecule has 0 aromatic carbocycles. The fraction of sp³-hybridized carbons (Fsp3) is 0.955. The Labute approximate surface area is 150 Å². The standard InChI is InChI=1S/C22H36O2/c1-14(23)17-7-8-18-16-6-5-15-13-20(2,24)11-12-21(15,3)19(16)9-10-22(17,18)4/h15-19,24H,5-13H2,1-4H3/t15-,16-,17+,18-,19-,20+,21-,22+/m0/s1/i15D,17D. The molecular formula is C22H36O2. The molecule has 0 aromatic heterocycles. The third-order valence-corrected chi connectivity index (χ3v) is 8.83. The summed E-state index contributed by atoms with van der Waals surface area (Å²) in [6, 6.07) is 0. The van der Waals surface area contributed by atoms with E-state index >= 15 is 0 Å². The molecule has 0 aliphatic heterocycles. The molecule has 4 saturated carbocycles. The fourth-order valence-electron chi connectivity index (χ4n) is 7.49. The van der Waals surface area contributed by atoms with Crippen LogP contribution >= 0.6 is 0 Å². The summed E-state index contributed by atoms with van der Waals surface area (Å²) in [5.41, 5.74) is -0.933. The van der Waals surface area contributed by atoms with Crippen molar-refractivity contribution in [3.8, 4) is 0 Å². The van der Waals surface area contributed by atoms with E-state index in [-0.39, 0.29) is 16.6 Å². The molecule has 4 aliphatic rings. The molecule has 0 radical (unpaired) electrons. The molecule has 0 amide bonds. The SMILES string of the molecule is [2H][C@@]12CC[C@H]3[C@@H]4CC[C@]([2H])(C(C)=O)[C@@]4(C)CC[C@@H]3[C@@]1(C)CC[C@@](C)(O)C2. The summed E-state index contributed by atoms with van der Waals surface area (Å²) in [5, 5.41) is 10.6. The van der Waals surface area contributed by atoms with E-state index in [0.717, 1.165) is 44.9 Å². The molecule has 136 valence electrons. The highest BCUT2D eigenvalue weighted by Gasteiger charge is 2.61. The summed E-state index contributed by atoms with van der Waals surface area (Å²) in [7, 11) is 0. The second-order valence-electron chi connectivity index (χ2n) is 10.1. The molecule has 0 unspecified atom stereocenters. The second-order valence-corrected chi connectivity index (χ2v) is 10.1. The molecule has 1 N–H and O–H groups in total. The zero-order valence-electron chi connectivity index (χ0n) is 18.0. The van der Waals surface area contributed by atoms with E-state index in [9.17, 15) is 11.3 Å². The van der Waals surface area contributed by atoms with Gasteiger partial charge in [-0.1, -0.05) is 13.8 Å². The Morgan fingerprint density at radius 3 is 2.38 bits per heavy atom. The van der Waals surface area contributed by atoms with Crippen LogP contribution in [0.25, 0.3) is 0 Å². The lowest BCUT2D eigenvalue weighted by Gasteiger charge is -2.61. The van der Waals surface area contributed by atoms with Crippen LogP contribution in [0.4, 0.5) is 0 Å². The average molecular weight is 335 g/mol. The molecule has 8 atom stereocenters. The van der Waals surface area contributed by atoms with E-state index in [1.54, 1.807) is 6.92 Å². The highest BCUT2D eigenvalue weighted by Crippen LogP contribution is 2.68. The Morgan fingerprint density at radius 1 is 0.958 bits per heavy atom. The van der Waals surface area contributed by atoms with Gasteiger partial charge in [0.05, 0.1) is 5.60 Å². The van der Waals surface area contributed by atoms with E-state index in [1.165, 1.54) is 0 Å². The van der Waals surface area contributed by atoms with E-state index in [4.69, 9.17) is 1.37 Å².